The SMILES string of the molecule is COc1cccc(F)c1-c1ccc2nc(-c3cnc(C(C)(C)C)n3C)[nH]c2c1. The zero-order chi connectivity index (χ0) is 20.1. The summed E-state index contributed by atoms with van der Waals surface area (Å²) in [5.41, 5.74) is 3.67. The number of fused-ring (bicyclic) bond motifs is 1. The number of H-pyrrole nitrogens is 1. The van der Waals surface area contributed by atoms with E-state index in [0.717, 1.165) is 33.9 Å². The van der Waals surface area contributed by atoms with Crippen LogP contribution in [0.25, 0.3) is 33.7 Å². The first-order valence-corrected chi connectivity index (χ1v) is 9.15. The lowest BCUT2D eigenvalue weighted by Gasteiger charge is -2.18. The van der Waals surface area contributed by atoms with Crippen molar-refractivity contribution in [3.8, 4) is 28.4 Å². The number of ether oxygens (including phenoxy) is 1. The second-order valence-electron chi connectivity index (χ2n) is 7.91. The third kappa shape index (κ3) is 2.95. The average molecular weight is 378 g/mol. The van der Waals surface area contributed by atoms with Gasteiger partial charge in [-0.15, -0.1) is 0 Å². The number of nitrogens with zero attached hydrogens (tertiary/aromatic N) is 3. The van der Waals surface area contributed by atoms with Crippen LogP contribution in [0.4, 0.5) is 4.39 Å². The molecule has 4 rings (SSSR count). The van der Waals surface area contributed by atoms with Crippen LogP contribution < -0.4 is 4.74 Å². The number of imidazole rings is 2. The normalized spacial score (nSPS) is 11.9. The third-order valence-corrected chi connectivity index (χ3v) is 4.87. The second kappa shape index (κ2) is 6.48. The topological polar surface area (TPSA) is 55.7 Å². The van der Waals surface area contributed by atoms with Crippen LogP contribution in [0, 0.1) is 5.82 Å². The molecule has 0 aliphatic carbocycles. The first-order valence-electron chi connectivity index (χ1n) is 9.15. The molecule has 0 bridgehead atoms. The Bertz CT molecular complexity index is 1170. The smallest absolute Gasteiger partial charge is 0.156 e. The lowest BCUT2D eigenvalue weighted by atomic mass is 9.96. The number of hydrogen-bond acceptors (Lipinski definition) is 3. The zero-order valence-corrected chi connectivity index (χ0v) is 16.7. The van der Waals surface area contributed by atoms with Gasteiger partial charge in [-0.3, -0.25) is 0 Å². The minimum absolute atomic E-state index is 0.0619. The number of hydrogen-bond donors (Lipinski definition) is 1. The van der Waals surface area contributed by atoms with Gasteiger partial charge in [-0.25, -0.2) is 14.4 Å². The van der Waals surface area contributed by atoms with Gasteiger partial charge in [-0.2, -0.15) is 0 Å². The Balaban J connectivity index is 1.82. The van der Waals surface area contributed by atoms with E-state index < -0.39 is 0 Å². The molecule has 0 aliphatic rings. The monoisotopic (exact) mass is 378 g/mol. The predicted molar refractivity (Wildman–Crippen MR) is 109 cm³/mol. The van der Waals surface area contributed by atoms with Crippen LogP contribution in [-0.2, 0) is 12.5 Å². The van der Waals surface area contributed by atoms with Crippen LogP contribution in [0.3, 0.4) is 0 Å². The van der Waals surface area contributed by atoms with Crippen molar-refractivity contribution in [1.29, 1.82) is 0 Å². The van der Waals surface area contributed by atoms with Crippen molar-refractivity contribution in [3.05, 3.63) is 54.2 Å². The lowest BCUT2D eigenvalue weighted by Crippen LogP contribution is -2.17. The Morgan fingerprint density at radius 3 is 2.61 bits per heavy atom. The summed E-state index contributed by atoms with van der Waals surface area (Å²) in [6, 6.07) is 10.5. The van der Waals surface area contributed by atoms with Crippen molar-refractivity contribution in [3.63, 3.8) is 0 Å². The Hall–Kier alpha value is -3.15. The number of rotatable bonds is 3. The summed E-state index contributed by atoms with van der Waals surface area (Å²) in [4.78, 5) is 12.6. The molecule has 0 saturated carbocycles. The van der Waals surface area contributed by atoms with Crippen LogP contribution in [0.15, 0.2) is 42.6 Å². The minimum atomic E-state index is -0.320. The van der Waals surface area contributed by atoms with E-state index in [2.05, 4.69) is 35.3 Å². The van der Waals surface area contributed by atoms with E-state index in [1.807, 2.05) is 31.4 Å². The molecular weight excluding hydrogens is 355 g/mol. The molecule has 4 aromatic rings. The van der Waals surface area contributed by atoms with Crippen molar-refractivity contribution in [1.82, 2.24) is 19.5 Å². The maximum atomic E-state index is 14.4. The van der Waals surface area contributed by atoms with Gasteiger partial charge in [0, 0.05) is 12.5 Å². The summed E-state index contributed by atoms with van der Waals surface area (Å²) in [6.07, 6.45) is 1.83. The molecule has 1 N–H and O–H groups in total. The minimum Gasteiger partial charge on any atom is -0.496 e. The summed E-state index contributed by atoms with van der Waals surface area (Å²) in [7, 11) is 3.53. The average Bonchev–Trinajstić information content (AvgIpc) is 3.23. The number of methoxy groups -OCH3 is 1. The van der Waals surface area contributed by atoms with Gasteiger partial charge in [0.25, 0.3) is 0 Å². The number of aromatic amines is 1. The molecule has 144 valence electrons. The Kier molecular flexibility index (Phi) is 4.22. The van der Waals surface area contributed by atoms with Crippen molar-refractivity contribution < 1.29 is 9.13 Å². The molecule has 0 unspecified atom stereocenters. The van der Waals surface area contributed by atoms with Gasteiger partial charge in [0.05, 0.1) is 29.9 Å². The first kappa shape index (κ1) is 18.2. The molecule has 0 spiro atoms. The molecule has 2 heterocycles. The van der Waals surface area contributed by atoms with Crippen LogP contribution in [-0.4, -0.2) is 26.6 Å². The van der Waals surface area contributed by atoms with E-state index in [-0.39, 0.29) is 11.2 Å². The highest BCUT2D eigenvalue weighted by Crippen LogP contribution is 2.34. The standard InChI is InChI=1S/C22H23FN4O/c1-22(2,3)21-24-12-17(27(21)4)20-25-15-10-9-13(11-16(15)26-20)19-14(23)7-6-8-18(19)28-5/h6-12H,1-5H3,(H,25,26). The van der Waals surface area contributed by atoms with E-state index >= 15 is 0 Å². The largest absolute Gasteiger partial charge is 0.496 e. The molecule has 5 nitrogen and oxygen atoms in total. The van der Waals surface area contributed by atoms with E-state index in [1.54, 1.807) is 19.2 Å². The lowest BCUT2D eigenvalue weighted by molar-refractivity contribution is 0.413. The van der Waals surface area contributed by atoms with Crippen molar-refractivity contribution >= 4 is 11.0 Å². The predicted octanol–water partition coefficient (Wildman–Crippen LogP) is 5.08. The summed E-state index contributed by atoms with van der Waals surface area (Å²) in [6.45, 7) is 6.39. The van der Waals surface area contributed by atoms with Gasteiger partial charge in [-0.1, -0.05) is 32.9 Å². The summed E-state index contributed by atoms with van der Waals surface area (Å²) in [5.74, 6) is 1.90. The number of nitrogens with one attached hydrogen (secondary N) is 1. The Morgan fingerprint density at radius 2 is 1.93 bits per heavy atom. The Morgan fingerprint density at radius 1 is 1.14 bits per heavy atom. The molecule has 0 saturated heterocycles. The quantitative estimate of drug-likeness (QED) is 0.541. The van der Waals surface area contributed by atoms with Crippen LogP contribution in [0.2, 0.25) is 0 Å². The van der Waals surface area contributed by atoms with E-state index in [9.17, 15) is 4.39 Å². The fourth-order valence-electron chi connectivity index (χ4n) is 3.57. The van der Waals surface area contributed by atoms with Gasteiger partial charge in [0.2, 0.25) is 0 Å². The molecule has 0 aliphatic heterocycles. The van der Waals surface area contributed by atoms with Gasteiger partial charge in [0.1, 0.15) is 23.1 Å². The Labute approximate surface area is 163 Å². The van der Waals surface area contributed by atoms with Crippen molar-refractivity contribution in [2.45, 2.75) is 26.2 Å². The third-order valence-electron chi connectivity index (χ3n) is 4.87. The zero-order valence-electron chi connectivity index (χ0n) is 16.7. The first-order chi connectivity index (χ1) is 13.3. The molecule has 2 aromatic heterocycles. The molecular formula is C22H23FN4O. The van der Waals surface area contributed by atoms with Gasteiger partial charge < -0.3 is 14.3 Å². The molecule has 2 aromatic carbocycles. The van der Waals surface area contributed by atoms with E-state index in [0.29, 0.717) is 11.3 Å². The highest BCUT2D eigenvalue weighted by molar-refractivity contribution is 5.85. The van der Waals surface area contributed by atoms with E-state index in [1.165, 1.54) is 6.07 Å². The molecule has 6 heteroatoms. The maximum absolute atomic E-state index is 14.4. The van der Waals surface area contributed by atoms with Crippen LogP contribution in [0.1, 0.15) is 26.6 Å². The van der Waals surface area contributed by atoms with Crippen LogP contribution in [0.5, 0.6) is 5.75 Å². The number of halogens is 1. The maximum Gasteiger partial charge on any atom is 0.156 e. The highest BCUT2D eigenvalue weighted by Gasteiger charge is 2.22. The number of benzene rings is 2. The second-order valence-corrected chi connectivity index (χ2v) is 7.91. The van der Waals surface area contributed by atoms with Crippen molar-refractivity contribution in [2.24, 2.45) is 7.05 Å². The fraction of sp³-hybridized carbons (Fsp3) is 0.273. The molecule has 0 amide bonds. The van der Waals surface area contributed by atoms with Gasteiger partial charge in [-0.05, 0) is 29.8 Å². The fourth-order valence-corrected chi connectivity index (χ4v) is 3.57. The van der Waals surface area contributed by atoms with Gasteiger partial charge in [0.15, 0.2) is 5.82 Å². The highest BCUT2D eigenvalue weighted by atomic mass is 19.1. The summed E-state index contributed by atoms with van der Waals surface area (Å²) < 4.78 is 21.8. The van der Waals surface area contributed by atoms with Gasteiger partial charge >= 0.3 is 0 Å². The van der Waals surface area contributed by atoms with Crippen molar-refractivity contribution in [2.75, 3.05) is 7.11 Å². The molecule has 0 radical (unpaired) electrons. The molecule has 28 heavy (non-hydrogen) atoms. The summed E-state index contributed by atoms with van der Waals surface area (Å²) in [5, 5.41) is 0. The molecule has 0 fully saturated rings. The van der Waals surface area contributed by atoms with Crippen LogP contribution >= 0.6 is 0 Å². The number of aromatic nitrogens is 4. The summed E-state index contributed by atoms with van der Waals surface area (Å²) >= 11 is 0. The van der Waals surface area contributed by atoms with E-state index in [4.69, 9.17) is 9.72 Å². The molecule has 0 atom stereocenters.